The van der Waals surface area contributed by atoms with Gasteiger partial charge >= 0.3 is 0 Å². The first kappa shape index (κ1) is 19.8. The Labute approximate surface area is 170 Å². The number of ether oxygens (including phenoxy) is 2. The third-order valence-electron chi connectivity index (χ3n) is 4.48. The van der Waals surface area contributed by atoms with Gasteiger partial charge in [-0.3, -0.25) is 4.79 Å². The molecule has 0 radical (unpaired) electrons. The number of hydrogen-bond acceptors (Lipinski definition) is 3. The van der Waals surface area contributed by atoms with Crippen LogP contribution in [0.2, 0.25) is 5.02 Å². The zero-order chi connectivity index (χ0) is 20.1. The maximum absolute atomic E-state index is 12.7. The number of anilines is 1. The van der Waals surface area contributed by atoms with Gasteiger partial charge in [0.05, 0.1) is 12.1 Å². The predicted octanol–water partition coefficient (Wildman–Crippen LogP) is 5.80. The summed E-state index contributed by atoms with van der Waals surface area (Å²) >= 11 is 6.32. The Balaban J connectivity index is 1.83. The first-order chi connectivity index (χ1) is 13.5. The molecule has 0 aromatic heterocycles. The van der Waals surface area contributed by atoms with Gasteiger partial charge in [-0.05, 0) is 54.8 Å². The molecule has 0 unspecified atom stereocenters. The van der Waals surface area contributed by atoms with E-state index in [1.807, 2.05) is 62.4 Å². The van der Waals surface area contributed by atoms with Gasteiger partial charge in [-0.25, -0.2) is 0 Å². The minimum atomic E-state index is -0.266. The molecule has 0 spiro atoms. The van der Waals surface area contributed by atoms with Gasteiger partial charge in [0.1, 0.15) is 6.61 Å². The molecule has 1 N–H and O–H groups in total. The van der Waals surface area contributed by atoms with Crippen LogP contribution in [0.3, 0.4) is 0 Å². The summed E-state index contributed by atoms with van der Waals surface area (Å²) < 4.78 is 11.2. The Hall–Kier alpha value is -2.98. The summed E-state index contributed by atoms with van der Waals surface area (Å²) in [6.45, 7) is 4.38. The predicted molar refractivity (Wildman–Crippen MR) is 113 cm³/mol. The molecule has 28 heavy (non-hydrogen) atoms. The van der Waals surface area contributed by atoms with Crippen LogP contribution < -0.4 is 14.8 Å². The molecule has 0 heterocycles. The molecule has 3 aromatic carbocycles. The van der Waals surface area contributed by atoms with E-state index in [4.69, 9.17) is 21.1 Å². The van der Waals surface area contributed by atoms with E-state index in [0.717, 1.165) is 16.8 Å². The number of carbonyl (C=O) groups excluding carboxylic acids is 1. The van der Waals surface area contributed by atoms with E-state index >= 15 is 0 Å². The van der Waals surface area contributed by atoms with Crippen molar-refractivity contribution in [3.05, 3.63) is 87.9 Å². The van der Waals surface area contributed by atoms with Crippen molar-refractivity contribution in [3.63, 3.8) is 0 Å². The second-order valence-electron chi connectivity index (χ2n) is 6.52. The first-order valence-corrected chi connectivity index (χ1v) is 9.28. The molecular weight excluding hydrogens is 374 g/mol. The molecule has 144 valence electrons. The molecule has 0 saturated heterocycles. The van der Waals surface area contributed by atoms with Gasteiger partial charge in [0.15, 0.2) is 11.5 Å². The summed E-state index contributed by atoms with van der Waals surface area (Å²) in [6.07, 6.45) is 0. The van der Waals surface area contributed by atoms with E-state index in [0.29, 0.717) is 28.7 Å². The van der Waals surface area contributed by atoms with Gasteiger partial charge in [-0.15, -0.1) is 0 Å². The van der Waals surface area contributed by atoms with Crippen LogP contribution in [0.4, 0.5) is 5.69 Å². The largest absolute Gasteiger partial charge is 0.491 e. The van der Waals surface area contributed by atoms with E-state index in [2.05, 4.69) is 5.32 Å². The lowest BCUT2D eigenvalue weighted by Gasteiger charge is -2.14. The number of rotatable bonds is 6. The summed E-state index contributed by atoms with van der Waals surface area (Å²) in [5, 5.41) is 3.22. The van der Waals surface area contributed by atoms with E-state index in [1.54, 1.807) is 12.1 Å². The van der Waals surface area contributed by atoms with E-state index < -0.39 is 0 Å². The third-order valence-corrected chi connectivity index (χ3v) is 4.76. The highest BCUT2D eigenvalue weighted by molar-refractivity contribution is 6.32. The molecule has 0 bridgehead atoms. The Morgan fingerprint density at radius 1 is 1.00 bits per heavy atom. The lowest BCUT2D eigenvalue weighted by atomic mass is 10.1. The van der Waals surface area contributed by atoms with Crippen molar-refractivity contribution < 1.29 is 14.3 Å². The van der Waals surface area contributed by atoms with Crippen LogP contribution in [-0.4, -0.2) is 13.0 Å². The number of nitrogens with one attached hydrogen (secondary N) is 1. The molecule has 0 saturated carbocycles. The Bertz CT molecular complexity index is 987. The lowest BCUT2D eigenvalue weighted by molar-refractivity contribution is 0.102. The fourth-order valence-electron chi connectivity index (χ4n) is 2.76. The minimum absolute atomic E-state index is 0.266. The summed E-state index contributed by atoms with van der Waals surface area (Å²) in [7, 11) is 1.52. The van der Waals surface area contributed by atoms with E-state index in [1.165, 1.54) is 12.7 Å². The summed E-state index contributed by atoms with van der Waals surface area (Å²) in [5.74, 6) is 0.557. The lowest BCUT2D eigenvalue weighted by Crippen LogP contribution is -2.12. The van der Waals surface area contributed by atoms with Crippen molar-refractivity contribution in [3.8, 4) is 11.5 Å². The van der Waals surface area contributed by atoms with Gasteiger partial charge in [0.25, 0.3) is 5.91 Å². The van der Waals surface area contributed by atoms with Crippen LogP contribution in [0.1, 0.15) is 27.0 Å². The number of carbonyl (C=O) groups is 1. The van der Waals surface area contributed by atoms with Crippen LogP contribution in [0.25, 0.3) is 0 Å². The van der Waals surface area contributed by atoms with Crippen LogP contribution in [0.15, 0.2) is 60.7 Å². The quantitative estimate of drug-likeness (QED) is 0.574. The molecule has 0 fully saturated rings. The van der Waals surface area contributed by atoms with Gasteiger partial charge in [-0.2, -0.15) is 0 Å². The topological polar surface area (TPSA) is 47.6 Å². The van der Waals surface area contributed by atoms with Gasteiger partial charge < -0.3 is 14.8 Å². The van der Waals surface area contributed by atoms with Crippen molar-refractivity contribution in [2.24, 2.45) is 0 Å². The Morgan fingerprint density at radius 2 is 1.75 bits per heavy atom. The van der Waals surface area contributed by atoms with Gasteiger partial charge in [0.2, 0.25) is 0 Å². The normalized spacial score (nSPS) is 10.4. The van der Waals surface area contributed by atoms with Gasteiger partial charge in [0, 0.05) is 11.3 Å². The van der Waals surface area contributed by atoms with Crippen LogP contribution in [-0.2, 0) is 6.61 Å². The van der Waals surface area contributed by atoms with Crippen molar-refractivity contribution >= 4 is 23.2 Å². The third kappa shape index (κ3) is 4.65. The SMILES string of the molecule is COc1c(Cl)cc(C(=O)Nc2ccc(C)c(C)c2)cc1OCc1ccccc1. The molecule has 0 aliphatic rings. The standard InChI is InChI=1S/C23H22ClNO3/c1-15-9-10-19(11-16(15)2)25-23(26)18-12-20(24)22(27-3)21(13-18)28-14-17-7-5-4-6-8-17/h4-13H,14H2,1-3H3,(H,25,26). The number of benzene rings is 3. The molecule has 0 atom stereocenters. The fourth-order valence-corrected chi connectivity index (χ4v) is 3.05. The average molecular weight is 396 g/mol. The van der Waals surface area contributed by atoms with Crippen molar-refractivity contribution in [1.82, 2.24) is 0 Å². The van der Waals surface area contributed by atoms with Crippen LogP contribution in [0.5, 0.6) is 11.5 Å². The zero-order valence-corrected chi connectivity index (χ0v) is 16.8. The smallest absolute Gasteiger partial charge is 0.255 e. The molecule has 0 aliphatic carbocycles. The molecule has 4 nitrogen and oxygen atoms in total. The minimum Gasteiger partial charge on any atom is -0.491 e. The van der Waals surface area contributed by atoms with Crippen molar-refractivity contribution in [1.29, 1.82) is 0 Å². The highest BCUT2D eigenvalue weighted by Gasteiger charge is 2.16. The fraction of sp³-hybridized carbons (Fsp3) is 0.174. The highest BCUT2D eigenvalue weighted by Crippen LogP contribution is 2.37. The summed E-state index contributed by atoms with van der Waals surface area (Å²) in [5.41, 5.74) is 4.41. The number of amides is 1. The maximum Gasteiger partial charge on any atom is 0.255 e. The number of hydrogen-bond donors (Lipinski definition) is 1. The molecule has 5 heteroatoms. The first-order valence-electron chi connectivity index (χ1n) is 8.91. The number of aryl methyl sites for hydroxylation is 2. The van der Waals surface area contributed by atoms with E-state index in [-0.39, 0.29) is 5.91 Å². The summed E-state index contributed by atoms with van der Waals surface area (Å²) in [6, 6.07) is 18.7. The Kier molecular flexibility index (Phi) is 6.22. The van der Waals surface area contributed by atoms with Crippen molar-refractivity contribution in [2.75, 3.05) is 12.4 Å². The molecule has 3 rings (SSSR count). The number of methoxy groups -OCH3 is 1. The monoisotopic (exact) mass is 395 g/mol. The average Bonchev–Trinajstić information content (AvgIpc) is 2.69. The van der Waals surface area contributed by atoms with Crippen LogP contribution in [0, 0.1) is 13.8 Å². The second kappa shape index (κ2) is 8.81. The molecule has 0 aliphatic heterocycles. The van der Waals surface area contributed by atoms with Crippen LogP contribution >= 0.6 is 11.6 Å². The second-order valence-corrected chi connectivity index (χ2v) is 6.92. The molecular formula is C23H22ClNO3. The maximum atomic E-state index is 12.7. The van der Waals surface area contributed by atoms with E-state index in [9.17, 15) is 4.79 Å². The van der Waals surface area contributed by atoms with Crippen molar-refractivity contribution in [2.45, 2.75) is 20.5 Å². The highest BCUT2D eigenvalue weighted by atomic mass is 35.5. The zero-order valence-electron chi connectivity index (χ0n) is 16.1. The van der Waals surface area contributed by atoms with Gasteiger partial charge in [-0.1, -0.05) is 48.0 Å². The Morgan fingerprint density at radius 3 is 2.43 bits per heavy atom. The molecule has 1 amide bonds. The summed E-state index contributed by atoms with van der Waals surface area (Å²) in [4.78, 5) is 12.7. The number of halogens is 1. The molecule has 3 aromatic rings.